The van der Waals surface area contributed by atoms with Crippen LogP contribution in [0.3, 0.4) is 0 Å². The molecule has 1 amide bonds. The predicted molar refractivity (Wildman–Crippen MR) is 106 cm³/mol. The van der Waals surface area contributed by atoms with Crippen LogP contribution in [-0.4, -0.2) is 33.7 Å². The molecule has 0 bridgehead atoms. The van der Waals surface area contributed by atoms with Crippen LogP contribution in [0.5, 0.6) is 0 Å². The smallest absolute Gasteiger partial charge is 0.271 e. The van der Waals surface area contributed by atoms with E-state index in [1.54, 1.807) is 36.4 Å². The van der Waals surface area contributed by atoms with Gasteiger partial charge in [-0.25, -0.2) is 4.98 Å². The number of carbonyl (C=O) groups is 1. The van der Waals surface area contributed by atoms with Crippen LogP contribution in [-0.2, 0) is 4.79 Å². The molecule has 1 aliphatic rings. The van der Waals surface area contributed by atoms with Gasteiger partial charge in [-0.3, -0.25) is 9.59 Å². The number of alkyl halides is 3. The zero-order chi connectivity index (χ0) is 21.5. The van der Waals surface area contributed by atoms with Crippen molar-refractivity contribution >= 4 is 34.4 Å². The molecular weight excluding hydrogens is 399 g/mol. The Labute approximate surface area is 167 Å². The maximum atomic E-state index is 13.5. The number of nitrogens with zero attached hydrogens (tertiary/aromatic N) is 5. The molecule has 0 spiro atoms. The summed E-state index contributed by atoms with van der Waals surface area (Å²) in [6.45, 7) is 1.50. The number of amides is 1. The number of carbonyl (C=O) groups excluding carboxylic acids is 1. The molecule has 0 aliphatic carbocycles. The third kappa shape index (κ3) is 3.36. The first-order chi connectivity index (χ1) is 14.3. The number of aromatic nitrogens is 2. The minimum absolute atomic E-state index is 0.172. The van der Waals surface area contributed by atoms with Crippen molar-refractivity contribution in [3.05, 3.63) is 70.8 Å². The van der Waals surface area contributed by atoms with Crippen molar-refractivity contribution in [2.45, 2.75) is 13.1 Å². The average molecular weight is 413 g/mol. The Balaban J connectivity index is 1.76. The Morgan fingerprint density at radius 2 is 1.70 bits per heavy atom. The lowest BCUT2D eigenvalue weighted by molar-refractivity contribution is -0.119. The summed E-state index contributed by atoms with van der Waals surface area (Å²) in [6.07, 6.45) is -4.07. The standard InChI is InChI=1S/C20H14F3N5O2/c1-12-25-16-10-6-5-9-14(16)18(29)27(12)24-11-15-17(20(21,22)23)26-28(19(15)30)13-7-3-2-4-8-13/h2-11,15H,1H3/b24-11+. The Morgan fingerprint density at radius 1 is 1.03 bits per heavy atom. The third-order valence-corrected chi connectivity index (χ3v) is 4.52. The number of hydrazone groups is 1. The number of anilines is 1. The lowest BCUT2D eigenvalue weighted by Crippen LogP contribution is -2.34. The number of benzene rings is 2. The minimum Gasteiger partial charge on any atom is -0.271 e. The Morgan fingerprint density at radius 3 is 2.40 bits per heavy atom. The third-order valence-electron chi connectivity index (χ3n) is 4.52. The van der Waals surface area contributed by atoms with Gasteiger partial charge in [0.15, 0.2) is 5.71 Å². The molecule has 152 valence electrons. The molecule has 1 atom stereocenters. The summed E-state index contributed by atoms with van der Waals surface area (Å²) in [5.74, 6) is -2.54. The summed E-state index contributed by atoms with van der Waals surface area (Å²) in [6, 6.07) is 14.3. The molecule has 4 rings (SSSR count). The highest BCUT2D eigenvalue weighted by atomic mass is 19.4. The van der Waals surface area contributed by atoms with E-state index in [2.05, 4.69) is 15.2 Å². The minimum atomic E-state index is -4.85. The van der Waals surface area contributed by atoms with Gasteiger partial charge in [-0.05, 0) is 31.2 Å². The molecular formula is C20H14F3N5O2. The van der Waals surface area contributed by atoms with E-state index in [-0.39, 0.29) is 16.9 Å². The SMILES string of the molecule is Cc1nc2ccccc2c(=O)n1/N=C/C1C(=O)N(c2ccccc2)N=C1C(F)(F)F. The fraction of sp³-hybridized carbons (Fsp3) is 0.150. The van der Waals surface area contributed by atoms with Gasteiger partial charge in [0.1, 0.15) is 11.7 Å². The van der Waals surface area contributed by atoms with E-state index in [4.69, 9.17) is 0 Å². The molecule has 1 aliphatic heterocycles. The highest BCUT2D eigenvalue weighted by Crippen LogP contribution is 2.31. The fourth-order valence-electron chi connectivity index (χ4n) is 3.09. The molecule has 10 heteroatoms. The van der Waals surface area contributed by atoms with Gasteiger partial charge in [0.05, 0.1) is 16.6 Å². The second-order valence-electron chi connectivity index (χ2n) is 6.50. The van der Waals surface area contributed by atoms with E-state index in [0.717, 1.165) is 10.9 Å². The first kappa shape index (κ1) is 19.5. The van der Waals surface area contributed by atoms with Crippen LogP contribution in [0.4, 0.5) is 18.9 Å². The zero-order valence-corrected chi connectivity index (χ0v) is 15.5. The summed E-state index contributed by atoms with van der Waals surface area (Å²) < 4.78 is 41.4. The Bertz CT molecular complexity index is 1250. The van der Waals surface area contributed by atoms with Crippen LogP contribution < -0.4 is 10.6 Å². The Kier molecular flexibility index (Phi) is 4.69. The van der Waals surface area contributed by atoms with Crippen molar-refractivity contribution < 1.29 is 18.0 Å². The van der Waals surface area contributed by atoms with Crippen molar-refractivity contribution in [1.29, 1.82) is 0 Å². The molecule has 0 saturated heterocycles. The normalized spacial score (nSPS) is 17.2. The molecule has 1 aromatic heterocycles. The Hall–Kier alpha value is -3.82. The summed E-state index contributed by atoms with van der Waals surface area (Å²) in [5, 5.41) is 8.29. The van der Waals surface area contributed by atoms with Crippen LogP contribution in [0.1, 0.15) is 5.82 Å². The number of fused-ring (bicyclic) bond motifs is 1. The largest absolute Gasteiger partial charge is 0.432 e. The maximum Gasteiger partial charge on any atom is 0.432 e. The van der Waals surface area contributed by atoms with Crippen molar-refractivity contribution in [3.63, 3.8) is 0 Å². The van der Waals surface area contributed by atoms with E-state index in [1.807, 2.05) is 0 Å². The molecule has 2 aromatic carbocycles. The molecule has 0 N–H and O–H groups in total. The molecule has 3 aromatic rings. The van der Waals surface area contributed by atoms with E-state index < -0.39 is 29.3 Å². The van der Waals surface area contributed by atoms with Gasteiger partial charge < -0.3 is 0 Å². The van der Waals surface area contributed by atoms with E-state index in [1.165, 1.54) is 25.1 Å². The van der Waals surface area contributed by atoms with Gasteiger partial charge in [-0.2, -0.15) is 33.1 Å². The van der Waals surface area contributed by atoms with Crippen LogP contribution in [0.15, 0.2) is 69.6 Å². The quantitative estimate of drug-likeness (QED) is 0.619. The highest BCUT2D eigenvalue weighted by Gasteiger charge is 2.49. The zero-order valence-electron chi connectivity index (χ0n) is 15.5. The monoisotopic (exact) mass is 413 g/mol. The molecule has 1 unspecified atom stereocenters. The van der Waals surface area contributed by atoms with Crippen LogP contribution in [0, 0.1) is 12.8 Å². The van der Waals surface area contributed by atoms with Gasteiger partial charge >= 0.3 is 6.18 Å². The van der Waals surface area contributed by atoms with Gasteiger partial charge in [0.25, 0.3) is 11.5 Å². The molecule has 0 fully saturated rings. The number of para-hydroxylation sites is 2. The molecule has 7 nitrogen and oxygen atoms in total. The second kappa shape index (κ2) is 7.21. The second-order valence-corrected chi connectivity index (χ2v) is 6.50. The van der Waals surface area contributed by atoms with E-state index in [9.17, 15) is 22.8 Å². The molecule has 30 heavy (non-hydrogen) atoms. The molecule has 2 heterocycles. The van der Waals surface area contributed by atoms with E-state index in [0.29, 0.717) is 10.5 Å². The van der Waals surface area contributed by atoms with Gasteiger partial charge in [0.2, 0.25) is 0 Å². The van der Waals surface area contributed by atoms with Gasteiger partial charge in [-0.1, -0.05) is 30.3 Å². The van der Waals surface area contributed by atoms with Crippen LogP contribution in [0.2, 0.25) is 0 Å². The number of rotatable bonds is 3. The van der Waals surface area contributed by atoms with Crippen molar-refractivity contribution in [2.24, 2.45) is 16.1 Å². The maximum absolute atomic E-state index is 13.5. The number of halogens is 3. The molecule has 0 radical (unpaired) electrons. The lowest BCUT2D eigenvalue weighted by atomic mass is 10.0. The fourth-order valence-corrected chi connectivity index (χ4v) is 3.09. The number of hydrogen-bond acceptors (Lipinski definition) is 5. The van der Waals surface area contributed by atoms with Crippen LogP contribution in [0.25, 0.3) is 10.9 Å². The summed E-state index contributed by atoms with van der Waals surface area (Å²) in [7, 11) is 0. The molecule has 0 saturated carbocycles. The number of aryl methyl sites for hydroxylation is 1. The first-order valence-corrected chi connectivity index (χ1v) is 8.85. The van der Waals surface area contributed by atoms with Crippen LogP contribution >= 0.6 is 0 Å². The van der Waals surface area contributed by atoms with E-state index >= 15 is 0 Å². The summed E-state index contributed by atoms with van der Waals surface area (Å²) >= 11 is 0. The summed E-state index contributed by atoms with van der Waals surface area (Å²) in [4.78, 5) is 29.6. The average Bonchev–Trinajstić information content (AvgIpc) is 3.05. The number of hydrogen-bond donors (Lipinski definition) is 0. The lowest BCUT2D eigenvalue weighted by Gasteiger charge is -2.12. The van der Waals surface area contributed by atoms with Crippen molar-refractivity contribution in [3.8, 4) is 0 Å². The van der Waals surface area contributed by atoms with Gasteiger partial charge in [0, 0.05) is 6.21 Å². The van der Waals surface area contributed by atoms with Gasteiger partial charge in [-0.15, -0.1) is 0 Å². The van der Waals surface area contributed by atoms with Crippen molar-refractivity contribution in [1.82, 2.24) is 9.66 Å². The summed E-state index contributed by atoms with van der Waals surface area (Å²) in [5.41, 5.74) is -1.22. The topological polar surface area (TPSA) is 79.9 Å². The predicted octanol–water partition coefficient (Wildman–Crippen LogP) is 3.12. The highest BCUT2D eigenvalue weighted by molar-refractivity contribution is 6.25. The first-order valence-electron chi connectivity index (χ1n) is 8.85. The van der Waals surface area contributed by atoms with Crippen molar-refractivity contribution in [2.75, 3.05) is 5.01 Å².